The molecule has 3 nitrogen and oxygen atoms in total. The van der Waals surface area contributed by atoms with Crippen LogP contribution in [-0.4, -0.2) is 9.97 Å². The van der Waals surface area contributed by atoms with E-state index in [1.165, 1.54) is 12.8 Å². The van der Waals surface area contributed by atoms with Gasteiger partial charge in [0.05, 0.1) is 0 Å². The Kier molecular flexibility index (Phi) is 3.11. The molecular formula is C8H15N3. The van der Waals surface area contributed by atoms with Crippen LogP contribution in [-0.2, 0) is 13.0 Å². The average molecular weight is 153 g/mol. The fourth-order valence-corrected chi connectivity index (χ4v) is 0.981. The lowest BCUT2D eigenvalue weighted by atomic mass is 10.2. The number of hydrogen-bond donors (Lipinski definition) is 2. The summed E-state index contributed by atoms with van der Waals surface area (Å²) in [6.45, 7) is 2.73. The first kappa shape index (κ1) is 8.27. The number of H-pyrrole nitrogens is 1. The van der Waals surface area contributed by atoms with Crippen LogP contribution in [0.25, 0.3) is 0 Å². The van der Waals surface area contributed by atoms with Crippen LogP contribution in [0.5, 0.6) is 0 Å². The molecule has 0 spiro atoms. The van der Waals surface area contributed by atoms with E-state index in [0.29, 0.717) is 6.54 Å². The Morgan fingerprint density at radius 2 is 2.45 bits per heavy atom. The van der Waals surface area contributed by atoms with E-state index >= 15 is 0 Å². The van der Waals surface area contributed by atoms with Gasteiger partial charge >= 0.3 is 0 Å². The van der Waals surface area contributed by atoms with Gasteiger partial charge in [0, 0.05) is 24.9 Å². The van der Waals surface area contributed by atoms with Crippen molar-refractivity contribution in [1.82, 2.24) is 9.97 Å². The minimum absolute atomic E-state index is 0.555. The predicted molar refractivity (Wildman–Crippen MR) is 45.1 cm³/mol. The molecule has 0 aliphatic heterocycles. The lowest BCUT2D eigenvalue weighted by molar-refractivity contribution is 0.759. The Bertz CT molecular complexity index is 205. The van der Waals surface area contributed by atoms with Crippen LogP contribution in [0, 0.1) is 0 Å². The highest BCUT2D eigenvalue weighted by atomic mass is 14.9. The highest BCUT2D eigenvalue weighted by molar-refractivity contribution is 5.00. The van der Waals surface area contributed by atoms with Crippen molar-refractivity contribution in [3.05, 3.63) is 17.7 Å². The van der Waals surface area contributed by atoms with Crippen LogP contribution >= 0.6 is 0 Å². The van der Waals surface area contributed by atoms with Crippen molar-refractivity contribution in [3.63, 3.8) is 0 Å². The van der Waals surface area contributed by atoms with Crippen molar-refractivity contribution in [3.8, 4) is 0 Å². The molecule has 0 fully saturated rings. The molecule has 0 aliphatic carbocycles. The molecule has 1 aromatic rings. The van der Waals surface area contributed by atoms with Gasteiger partial charge in [-0.15, -0.1) is 0 Å². The zero-order chi connectivity index (χ0) is 8.10. The number of aromatic amines is 1. The zero-order valence-electron chi connectivity index (χ0n) is 6.93. The summed E-state index contributed by atoms with van der Waals surface area (Å²) >= 11 is 0. The molecule has 0 unspecified atom stereocenters. The lowest BCUT2D eigenvalue weighted by Gasteiger charge is -1.92. The highest BCUT2D eigenvalue weighted by Gasteiger charge is 1.96. The number of rotatable bonds is 4. The molecule has 11 heavy (non-hydrogen) atoms. The third kappa shape index (κ3) is 2.35. The van der Waals surface area contributed by atoms with Gasteiger partial charge in [0.25, 0.3) is 0 Å². The topological polar surface area (TPSA) is 54.7 Å². The predicted octanol–water partition coefficient (Wildman–Crippen LogP) is 1.21. The van der Waals surface area contributed by atoms with E-state index in [4.69, 9.17) is 5.73 Å². The molecule has 0 aliphatic rings. The second-order valence-electron chi connectivity index (χ2n) is 2.66. The molecule has 0 saturated carbocycles. The third-order valence-corrected chi connectivity index (χ3v) is 1.67. The van der Waals surface area contributed by atoms with E-state index in [2.05, 4.69) is 16.9 Å². The molecule has 0 aromatic carbocycles. The molecular weight excluding hydrogens is 138 g/mol. The molecule has 3 heteroatoms. The van der Waals surface area contributed by atoms with Crippen LogP contribution in [0.4, 0.5) is 0 Å². The van der Waals surface area contributed by atoms with Gasteiger partial charge in [-0.05, 0) is 6.42 Å². The van der Waals surface area contributed by atoms with Crippen molar-refractivity contribution in [1.29, 1.82) is 0 Å². The summed E-state index contributed by atoms with van der Waals surface area (Å²) in [5.74, 6) is 1.06. The highest BCUT2D eigenvalue weighted by Crippen LogP contribution is 2.00. The SMILES string of the molecule is CCCCc1ncc(CN)[nH]1. The number of aromatic nitrogens is 2. The van der Waals surface area contributed by atoms with Gasteiger partial charge in [0.2, 0.25) is 0 Å². The van der Waals surface area contributed by atoms with Crippen LogP contribution in [0.15, 0.2) is 6.20 Å². The van der Waals surface area contributed by atoms with Gasteiger partial charge in [0.15, 0.2) is 0 Å². The smallest absolute Gasteiger partial charge is 0.106 e. The standard InChI is InChI=1S/C8H15N3/c1-2-3-4-8-10-6-7(5-9)11-8/h6H,2-5,9H2,1H3,(H,10,11). The molecule has 62 valence electrons. The van der Waals surface area contributed by atoms with Crippen molar-refractivity contribution >= 4 is 0 Å². The maximum Gasteiger partial charge on any atom is 0.106 e. The van der Waals surface area contributed by atoms with Gasteiger partial charge in [-0.25, -0.2) is 4.98 Å². The molecule has 0 amide bonds. The minimum atomic E-state index is 0.555. The molecule has 1 heterocycles. The van der Waals surface area contributed by atoms with Gasteiger partial charge in [-0.3, -0.25) is 0 Å². The van der Waals surface area contributed by atoms with Gasteiger partial charge in [-0.2, -0.15) is 0 Å². The fraction of sp³-hybridized carbons (Fsp3) is 0.625. The summed E-state index contributed by atoms with van der Waals surface area (Å²) in [5, 5.41) is 0. The number of aryl methyl sites for hydroxylation is 1. The second-order valence-corrected chi connectivity index (χ2v) is 2.66. The number of nitrogens with two attached hydrogens (primary N) is 1. The molecule has 3 N–H and O–H groups in total. The summed E-state index contributed by atoms with van der Waals surface area (Å²) in [5.41, 5.74) is 6.44. The first-order chi connectivity index (χ1) is 5.36. The normalized spacial score (nSPS) is 10.4. The van der Waals surface area contributed by atoms with E-state index in [0.717, 1.165) is 17.9 Å². The fourth-order valence-electron chi connectivity index (χ4n) is 0.981. The third-order valence-electron chi connectivity index (χ3n) is 1.67. The summed E-state index contributed by atoms with van der Waals surface area (Å²) in [7, 11) is 0. The van der Waals surface area contributed by atoms with Gasteiger partial charge in [0.1, 0.15) is 5.82 Å². The number of nitrogens with zero attached hydrogens (tertiary/aromatic N) is 1. The van der Waals surface area contributed by atoms with E-state index < -0.39 is 0 Å². The maximum atomic E-state index is 5.42. The summed E-state index contributed by atoms with van der Waals surface area (Å²) < 4.78 is 0. The Hall–Kier alpha value is -0.830. The Morgan fingerprint density at radius 1 is 1.64 bits per heavy atom. The lowest BCUT2D eigenvalue weighted by Crippen LogP contribution is -1.96. The second kappa shape index (κ2) is 4.13. The zero-order valence-corrected chi connectivity index (χ0v) is 6.93. The number of nitrogens with one attached hydrogen (secondary N) is 1. The first-order valence-electron chi connectivity index (χ1n) is 4.09. The first-order valence-corrected chi connectivity index (χ1v) is 4.09. The van der Waals surface area contributed by atoms with Crippen LogP contribution < -0.4 is 5.73 Å². The van der Waals surface area contributed by atoms with Crippen molar-refractivity contribution in [2.24, 2.45) is 5.73 Å². The van der Waals surface area contributed by atoms with Gasteiger partial charge < -0.3 is 10.7 Å². The van der Waals surface area contributed by atoms with Crippen LogP contribution in [0.1, 0.15) is 31.3 Å². The molecule has 0 saturated heterocycles. The summed E-state index contributed by atoms with van der Waals surface area (Å²) in [6, 6.07) is 0. The average Bonchev–Trinajstić information content (AvgIpc) is 2.48. The molecule has 1 rings (SSSR count). The monoisotopic (exact) mass is 153 g/mol. The Morgan fingerprint density at radius 3 is 3.00 bits per heavy atom. The van der Waals surface area contributed by atoms with Crippen molar-refractivity contribution in [2.75, 3.05) is 0 Å². The number of hydrogen-bond acceptors (Lipinski definition) is 2. The van der Waals surface area contributed by atoms with Crippen LogP contribution in [0.3, 0.4) is 0 Å². The number of unbranched alkanes of at least 4 members (excludes halogenated alkanes) is 1. The maximum absolute atomic E-state index is 5.42. The largest absolute Gasteiger partial charge is 0.345 e. The number of imidazole rings is 1. The van der Waals surface area contributed by atoms with E-state index in [-0.39, 0.29) is 0 Å². The molecule has 1 aromatic heterocycles. The van der Waals surface area contributed by atoms with E-state index in [1.807, 2.05) is 6.20 Å². The molecule has 0 atom stereocenters. The molecule has 0 bridgehead atoms. The molecule has 0 radical (unpaired) electrons. The summed E-state index contributed by atoms with van der Waals surface area (Å²) in [4.78, 5) is 7.35. The Labute approximate surface area is 67.0 Å². The summed E-state index contributed by atoms with van der Waals surface area (Å²) in [6.07, 6.45) is 5.25. The quantitative estimate of drug-likeness (QED) is 0.683. The van der Waals surface area contributed by atoms with Crippen LogP contribution in [0.2, 0.25) is 0 Å². The van der Waals surface area contributed by atoms with Crippen molar-refractivity contribution < 1.29 is 0 Å². The Balaban J connectivity index is 2.44. The van der Waals surface area contributed by atoms with Crippen molar-refractivity contribution in [2.45, 2.75) is 32.7 Å². The van der Waals surface area contributed by atoms with E-state index in [1.54, 1.807) is 0 Å². The van der Waals surface area contributed by atoms with Gasteiger partial charge in [-0.1, -0.05) is 13.3 Å². The van der Waals surface area contributed by atoms with E-state index in [9.17, 15) is 0 Å². The minimum Gasteiger partial charge on any atom is -0.345 e.